The SMILES string of the molecule is C[C@@H]1CC1C1CCCC1O. The lowest BCUT2D eigenvalue weighted by Crippen LogP contribution is -2.15. The van der Waals surface area contributed by atoms with Gasteiger partial charge in [0, 0.05) is 0 Å². The fourth-order valence-corrected chi connectivity index (χ4v) is 2.42. The van der Waals surface area contributed by atoms with E-state index < -0.39 is 0 Å². The highest BCUT2D eigenvalue weighted by Gasteiger charge is 2.43. The van der Waals surface area contributed by atoms with Crippen molar-refractivity contribution in [1.82, 2.24) is 0 Å². The molecular formula is C9H16O. The largest absolute Gasteiger partial charge is 0.393 e. The van der Waals surface area contributed by atoms with Crippen LogP contribution in [0.2, 0.25) is 0 Å². The van der Waals surface area contributed by atoms with Gasteiger partial charge in [0.15, 0.2) is 0 Å². The van der Waals surface area contributed by atoms with Gasteiger partial charge in [-0.05, 0) is 37.0 Å². The average Bonchev–Trinajstić information content (AvgIpc) is 2.42. The molecule has 0 heterocycles. The number of aliphatic hydroxyl groups is 1. The normalized spacial score (nSPS) is 53.4. The second kappa shape index (κ2) is 2.23. The van der Waals surface area contributed by atoms with E-state index >= 15 is 0 Å². The lowest BCUT2D eigenvalue weighted by molar-refractivity contribution is 0.119. The predicted octanol–water partition coefficient (Wildman–Crippen LogP) is 1.80. The van der Waals surface area contributed by atoms with Gasteiger partial charge in [0.05, 0.1) is 6.10 Å². The molecule has 3 unspecified atom stereocenters. The minimum Gasteiger partial charge on any atom is -0.393 e. The standard InChI is InChI=1S/C9H16O/c1-6-5-8(6)7-3-2-4-9(7)10/h6-10H,2-5H2,1H3/t6-,7?,8?,9?/m1/s1. The molecule has 0 spiro atoms. The van der Waals surface area contributed by atoms with Gasteiger partial charge in [-0.2, -0.15) is 0 Å². The summed E-state index contributed by atoms with van der Waals surface area (Å²) in [5.74, 6) is 2.48. The molecule has 2 saturated carbocycles. The molecule has 2 fully saturated rings. The van der Waals surface area contributed by atoms with E-state index in [-0.39, 0.29) is 6.10 Å². The van der Waals surface area contributed by atoms with Gasteiger partial charge in [-0.3, -0.25) is 0 Å². The van der Waals surface area contributed by atoms with Crippen LogP contribution in [0.5, 0.6) is 0 Å². The van der Waals surface area contributed by atoms with Gasteiger partial charge in [-0.25, -0.2) is 0 Å². The van der Waals surface area contributed by atoms with Crippen molar-refractivity contribution in [3.05, 3.63) is 0 Å². The molecule has 0 saturated heterocycles. The average molecular weight is 140 g/mol. The first-order valence-corrected chi connectivity index (χ1v) is 4.47. The molecule has 2 aliphatic carbocycles. The van der Waals surface area contributed by atoms with E-state index in [4.69, 9.17) is 0 Å². The molecule has 0 aliphatic heterocycles. The molecular weight excluding hydrogens is 124 g/mol. The summed E-state index contributed by atoms with van der Waals surface area (Å²) in [5.41, 5.74) is 0. The van der Waals surface area contributed by atoms with Crippen LogP contribution in [0.3, 0.4) is 0 Å². The first-order chi connectivity index (χ1) is 4.79. The number of rotatable bonds is 1. The summed E-state index contributed by atoms with van der Waals surface area (Å²) >= 11 is 0. The Kier molecular flexibility index (Phi) is 1.48. The summed E-state index contributed by atoms with van der Waals surface area (Å²) in [7, 11) is 0. The molecule has 0 amide bonds. The second-order valence-electron chi connectivity index (χ2n) is 4.04. The summed E-state index contributed by atoms with van der Waals surface area (Å²) in [5, 5.41) is 9.52. The lowest BCUT2D eigenvalue weighted by atomic mass is 9.99. The van der Waals surface area contributed by atoms with Gasteiger partial charge in [-0.15, -0.1) is 0 Å². The zero-order chi connectivity index (χ0) is 7.14. The number of aliphatic hydroxyl groups excluding tert-OH is 1. The van der Waals surface area contributed by atoms with Crippen LogP contribution in [0.15, 0.2) is 0 Å². The van der Waals surface area contributed by atoms with E-state index in [2.05, 4.69) is 6.92 Å². The third-order valence-corrected chi connectivity index (χ3v) is 3.25. The van der Waals surface area contributed by atoms with Gasteiger partial charge < -0.3 is 5.11 Å². The van der Waals surface area contributed by atoms with Crippen LogP contribution in [0.25, 0.3) is 0 Å². The summed E-state index contributed by atoms with van der Waals surface area (Å²) < 4.78 is 0. The zero-order valence-corrected chi connectivity index (χ0v) is 6.59. The minimum absolute atomic E-state index is 0.0509. The Bertz CT molecular complexity index is 133. The Morgan fingerprint density at radius 3 is 2.30 bits per heavy atom. The molecule has 0 aromatic heterocycles. The van der Waals surface area contributed by atoms with Crippen molar-refractivity contribution >= 4 is 0 Å². The predicted molar refractivity (Wildman–Crippen MR) is 40.6 cm³/mol. The van der Waals surface area contributed by atoms with Crippen LogP contribution in [0.1, 0.15) is 32.6 Å². The van der Waals surface area contributed by atoms with Gasteiger partial charge in [0.2, 0.25) is 0 Å². The van der Waals surface area contributed by atoms with E-state index in [0.717, 1.165) is 18.3 Å². The summed E-state index contributed by atoms with van der Waals surface area (Å²) in [6, 6.07) is 0. The van der Waals surface area contributed by atoms with Crippen molar-refractivity contribution in [2.45, 2.75) is 38.7 Å². The molecule has 4 atom stereocenters. The highest BCUT2D eigenvalue weighted by molar-refractivity contribution is 4.93. The van der Waals surface area contributed by atoms with Crippen LogP contribution in [-0.2, 0) is 0 Å². The van der Waals surface area contributed by atoms with Gasteiger partial charge in [-0.1, -0.05) is 13.3 Å². The molecule has 10 heavy (non-hydrogen) atoms. The van der Waals surface area contributed by atoms with Gasteiger partial charge >= 0.3 is 0 Å². The highest BCUT2D eigenvalue weighted by Crippen LogP contribution is 2.49. The van der Waals surface area contributed by atoms with Gasteiger partial charge in [0.1, 0.15) is 0 Å². The Labute approximate surface area is 62.4 Å². The topological polar surface area (TPSA) is 20.2 Å². The van der Waals surface area contributed by atoms with Crippen LogP contribution in [0.4, 0.5) is 0 Å². The summed E-state index contributed by atoms with van der Waals surface area (Å²) in [6.45, 7) is 2.30. The second-order valence-corrected chi connectivity index (χ2v) is 4.04. The lowest BCUT2D eigenvalue weighted by Gasteiger charge is -2.12. The van der Waals surface area contributed by atoms with Crippen molar-refractivity contribution < 1.29 is 5.11 Å². The molecule has 1 heteroatoms. The van der Waals surface area contributed by atoms with Crippen LogP contribution >= 0.6 is 0 Å². The van der Waals surface area contributed by atoms with Crippen LogP contribution in [-0.4, -0.2) is 11.2 Å². The van der Waals surface area contributed by atoms with Crippen molar-refractivity contribution in [1.29, 1.82) is 0 Å². The third kappa shape index (κ3) is 0.968. The first-order valence-electron chi connectivity index (χ1n) is 4.47. The van der Waals surface area contributed by atoms with Gasteiger partial charge in [0.25, 0.3) is 0 Å². The molecule has 0 aromatic rings. The number of hydrogen-bond donors (Lipinski definition) is 1. The minimum atomic E-state index is 0.0509. The molecule has 2 rings (SSSR count). The van der Waals surface area contributed by atoms with E-state index in [1.54, 1.807) is 0 Å². The molecule has 0 aromatic carbocycles. The molecule has 2 aliphatic rings. The summed E-state index contributed by atoms with van der Waals surface area (Å²) in [6.07, 6.45) is 5.04. The Hall–Kier alpha value is -0.0400. The Morgan fingerprint density at radius 1 is 1.20 bits per heavy atom. The van der Waals surface area contributed by atoms with Crippen molar-refractivity contribution in [3.63, 3.8) is 0 Å². The zero-order valence-electron chi connectivity index (χ0n) is 6.59. The van der Waals surface area contributed by atoms with E-state index in [0.29, 0.717) is 5.92 Å². The monoisotopic (exact) mass is 140 g/mol. The van der Waals surface area contributed by atoms with Crippen molar-refractivity contribution in [2.75, 3.05) is 0 Å². The highest BCUT2D eigenvalue weighted by atomic mass is 16.3. The summed E-state index contributed by atoms with van der Waals surface area (Å²) in [4.78, 5) is 0. The Balaban J connectivity index is 1.92. The maximum atomic E-state index is 9.52. The molecule has 0 radical (unpaired) electrons. The van der Waals surface area contributed by atoms with Crippen molar-refractivity contribution in [2.24, 2.45) is 17.8 Å². The molecule has 1 nitrogen and oxygen atoms in total. The number of hydrogen-bond acceptors (Lipinski definition) is 1. The molecule has 0 bridgehead atoms. The fourth-order valence-electron chi connectivity index (χ4n) is 2.42. The molecule has 1 N–H and O–H groups in total. The third-order valence-electron chi connectivity index (χ3n) is 3.25. The smallest absolute Gasteiger partial charge is 0.0571 e. The molecule has 58 valence electrons. The Morgan fingerprint density at radius 2 is 1.90 bits per heavy atom. The van der Waals surface area contributed by atoms with Crippen molar-refractivity contribution in [3.8, 4) is 0 Å². The first kappa shape index (κ1) is 6.66. The van der Waals surface area contributed by atoms with Crippen LogP contribution < -0.4 is 0 Å². The maximum absolute atomic E-state index is 9.52. The van der Waals surface area contributed by atoms with E-state index in [9.17, 15) is 5.11 Å². The van der Waals surface area contributed by atoms with E-state index in [1.165, 1.54) is 19.3 Å². The quantitative estimate of drug-likeness (QED) is 0.589. The fraction of sp³-hybridized carbons (Fsp3) is 1.00. The van der Waals surface area contributed by atoms with E-state index in [1.807, 2.05) is 0 Å². The maximum Gasteiger partial charge on any atom is 0.0571 e. The van der Waals surface area contributed by atoms with Crippen LogP contribution in [0, 0.1) is 17.8 Å².